The SMILES string of the molecule is CCc1occc1-c1[nH]nc(N)c1-c1cccc(Cl)c1F. The summed E-state index contributed by atoms with van der Waals surface area (Å²) in [4.78, 5) is 0. The number of nitrogens with two attached hydrogens (primary N) is 1. The molecule has 0 aliphatic carbocycles. The Hall–Kier alpha value is -2.27. The number of benzene rings is 1. The summed E-state index contributed by atoms with van der Waals surface area (Å²) in [5, 5.41) is 6.89. The van der Waals surface area contributed by atoms with Crippen molar-refractivity contribution in [3.8, 4) is 22.4 Å². The number of aromatic nitrogens is 2. The average molecular weight is 306 g/mol. The molecule has 0 bridgehead atoms. The predicted octanol–water partition coefficient (Wildman–Crippen LogP) is 4.27. The second kappa shape index (κ2) is 5.26. The fraction of sp³-hybridized carbons (Fsp3) is 0.133. The van der Waals surface area contributed by atoms with E-state index in [-0.39, 0.29) is 10.8 Å². The van der Waals surface area contributed by atoms with Gasteiger partial charge in [-0.3, -0.25) is 5.10 Å². The highest BCUT2D eigenvalue weighted by Crippen LogP contribution is 2.39. The number of nitrogens with zero attached hydrogens (tertiary/aromatic N) is 1. The molecule has 108 valence electrons. The van der Waals surface area contributed by atoms with Crippen LogP contribution in [0.5, 0.6) is 0 Å². The Morgan fingerprint density at radius 1 is 1.33 bits per heavy atom. The number of aryl methyl sites for hydroxylation is 1. The van der Waals surface area contributed by atoms with Crippen molar-refractivity contribution < 1.29 is 8.81 Å². The van der Waals surface area contributed by atoms with Crippen LogP contribution < -0.4 is 5.73 Å². The van der Waals surface area contributed by atoms with Gasteiger partial charge in [-0.05, 0) is 12.1 Å². The third-order valence-electron chi connectivity index (χ3n) is 3.35. The maximum absolute atomic E-state index is 14.3. The average Bonchev–Trinajstić information content (AvgIpc) is 3.08. The summed E-state index contributed by atoms with van der Waals surface area (Å²) < 4.78 is 19.7. The zero-order chi connectivity index (χ0) is 15.0. The van der Waals surface area contributed by atoms with E-state index in [1.54, 1.807) is 24.5 Å². The molecule has 2 aromatic heterocycles. The van der Waals surface area contributed by atoms with Crippen LogP contribution in [0, 0.1) is 5.82 Å². The minimum atomic E-state index is -0.518. The van der Waals surface area contributed by atoms with Gasteiger partial charge in [0.25, 0.3) is 0 Å². The Bertz CT molecular complexity index is 794. The molecule has 0 aliphatic rings. The molecule has 0 radical (unpaired) electrons. The summed E-state index contributed by atoms with van der Waals surface area (Å²) in [5.74, 6) is 0.479. The lowest BCUT2D eigenvalue weighted by atomic mass is 10.00. The van der Waals surface area contributed by atoms with Crippen LogP contribution in [-0.2, 0) is 6.42 Å². The fourth-order valence-electron chi connectivity index (χ4n) is 2.36. The van der Waals surface area contributed by atoms with Crippen molar-refractivity contribution in [3.05, 3.63) is 47.1 Å². The van der Waals surface area contributed by atoms with E-state index in [0.29, 0.717) is 23.2 Å². The second-order valence-electron chi connectivity index (χ2n) is 4.57. The molecule has 0 amide bonds. The van der Waals surface area contributed by atoms with Gasteiger partial charge in [-0.15, -0.1) is 0 Å². The number of aromatic amines is 1. The summed E-state index contributed by atoms with van der Waals surface area (Å²) in [5.41, 5.74) is 8.15. The van der Waals surface area contributed by atoms with Crippen LogP contribution in [0.3, 0.4) is 0 Å². The standard InChI is InChI=1S/C15H13ClFN3O/c1-2-11-8(6-7-21-11)14-12(15(18)20-19-14)9-4-3-5-10(16)13(9)17/h3-7H,2H2,1H3,(H3,18,19,20). The number of rotatable bonds is 3. The van der Waals surface area contributed by atoms with E-state index in [1.807, 2.05) is 6.92 Å². The van der Waals surface area contributed by atoms with Crippen molar-refractivity contribution >= 4 is 17.4 Å². The molecule has 6 heteroatoms. The predicted molar refractivity (Wildman–Crippen MR) is 80.5 cm³/mol. The van der Waals surface area contributed by atoms with Crippen LogP contribution in [0.1, 0.15) is 12.7 Å². The highest BCUT2D eigenvalue weighted by molar-refractivity contribution is 6.31. The molecule has 0 saturated heterocycles. The smallest absolute Gasteiger partial charge is 0.153 e. The second-order valence-corrected chi connectivity index (χ2v) is 4.98. The molecule has 21 heavy (non-hydrogen) atoms. The van der Waals surface area contributed by atoms with Crippen molar-refractivity contribution in [1.82, 2.24) is 10.2 Å². The van der Waals surface area contributed by atoms with Crippen LogP contribution in [0.15, 0.2) is 34.9 Å². The number of hydrogen-bond acceptors (Lipinski definition) is 3. The van der Waals surface area contributed by atoms with Gasteiger partial charge in [0.1, 0.15) is 11.6 Å². The molecular formula is C15H13ClFN3O. The van der Waals surface area contributed by atoms with Crippen molar-refractivity contribution in [2.24, 2.45) is 0 Å². The third-order valence-corrected chi connectivity index (χ3v) is 3.64. The number of H-pyrrole nitrogens is 1. The summed E-state index contributed by atoms with van der Waals surface area (Å²) >= 11 is 5.85. The van der Waals surface area contributed by atoms with E-state index in [4.69, 9.17) is 21.8 Å². The maximum atomic E-state index is 14.3. The summed E-state index contributed by atoms with van der Waals surface area (Å²) in [6, 6.07) is 6.59. The van der Waals surface area contributed by atoms with Crippen LogP contribution in [-0.4, -0.2) is 10.2 Å². The van der Waals surface area contributed by atoms with Crippen molar-refractivity contribution in [3.63, 3.8) is 0 Å². The van der Waals surface area contributed by atoms with E-state index >= 15 is 0 Å². The van der Waals surface area contributed by atoms with Crippen LogP contribution >= 0.6 is 11.6 Å². The first-order valence-electron chi connectivity index (χ1n) is 6.48. The summed E-state index contributed by atoms with van der Waals surface area (Å²) in [7, 11) is 0. The lowest BCUT2D eigenvalue weighted by molar-refractivity contribution is 0.517. The van der Waals surface area contributed by atoms with Gasteiger partial charge in [0.2, 0.25) is 0 Å². The lowest BCUT2D eigenvalue weighted by Crippen LogP contribution is -1.92. The van der Waals surface area contributed by atoms with Gasteiger partial charge in [-0.1, -0.05) is 30.7 Å². The Balaban J connectivity index is 2.25. The molecule has 0 unspecified atom stereocenters. The number of nitrogens with one attached hydrogen (secondary N) is 1. The zero-order valence-corrected chi connectivity index (χ0v) is 12.0. The molecular weight excluding hydrogens is 293 g/mol. The quantitative estimate of drug-likeness (QED) is 0.759. The zero-order valence-electron chi connectivity index (χ0n) is 11.3. The minimum Gasteiger partial charge on any atom is -0.469 e. The van der Waals surface area contributed by atoms with Crippen molar-refractivity contribution in [2.75, 3.05) is 5.73 Å². The molecule has 0 spiro atoms. The van der Waals surface area contributed by atoms with Crippen LogP contribution in [0.25, 0.3) is 22.4 Å². The molecule has 2 heterocycles. The molecule has 3 aromatic rings. The Labute approximate surface area is 125 Å². The van der Waals surface area contributed by atoms with Crippen LogP contribution in [0.4, 0.5) is 10.2 Å². The van der Waals surface area contributed by atoms with Gasteiger partial charge in [-0.25, -0.2) is 4.39 Å². The van der Waals surface area contributed by atoms with Gasteiger partial charge in [0.05, 0.1) is 22.5 Å². The largest absolute Gasteiger partial charge is 0.469 e. The first-order chi connectivity index (χ1) is 10.1. The summed E-state index contributed by atoms with van der Waals surface area (Å²) in [6.45, 7) is 1.97. The first-order valence-corrected chi connectivity index (χ1v) is 6.86. The molecule has 3 rings (SSSR count). The summed E-state index contributed by atoms with van der Waals surface area (Å²) in [6.07, 6.45) is 2.29. The molecule has 1 aromatic carbocycles. The van der Waals surface area contributed by atoms with E-state index in [0.717, 1.165) is 11.3 Å². The monoisotopic (exact) mass is 305 g/mol. The fourth-order valence-corrected chi connectivity index (χ4v) is 2.53. The number of anilines is 1. The normalized spacial score (nSPS) is 11.0. The number of halogens is 2. The Morgan fingerprint density at radius 3 is 2.90 bits per heavy atom. The highest BCUT2D eigenvalue weighted by atomic mass is 35.5. The van der Waals surface area contributed by atoms with Crippen molar-refractivity contribution in [1.29, 1.82) is 0 Å². The molecule has 3 N–H and O–H groups in total. The van der Waals surface area contributed by atoms with Gasteiger partial charge in [0, 0.05) is 17.5 Å². The molecule has 4 nitrogen and oxygen atoms in total. The molecule has 0 atom stereocenters. The minimum absolute atomic E-state index is 0.0435. The molecule has 0 saturated carbocycles. The molecule has 0 aliphatic heterocycles. The first kappa shape index (κ1) is 13.7. The van der Waals surface area contributed by atoms with Gasteiger partial charge in [0.15, 0.2) is 5.82 Å². The van der Waals surface area contributed by atoms with E-state index in [1.165, 1.54) is 6.07 Å². The topological polar surface area (TPSA) is 67.8 Å². The van der Waals surface area contributed by atoms with E-state index in [9.17, 15) is 4.39 Å². The highest BCUT2D eigenvalue weighted by Gasteiger charge is 2.21. The van der Waals surface area contributed by atoms with Gasteiger partial charge in [-0.2, -0.15) is 5.10 Å². The Morgan fingerprint density at radius 2 is 2.14 bits per heavy atom. The number of hydrogen-bond donors (Lipinski definition) is 2. The van der Waals surface area contributed by atoms with Gasteiger partial charge < -0.3 is 10.2 Å². The van der Waals surface area contributed by atoms with Crippen molar-refractivity contribution in [2.45, 2.75) is 13.3 Å². The number of furan rings is 1. The van der Waals surface area contributed by atoms with Gasteiger partial charge >= 0.3 is 0 Å². The van der Waals surface area contributed by atoms with E-state index < -0.39 is 5.82 Å². The third kappa shape index (κ3) is 2.19. The van der Waals surface area contributed by atoms with Crippen LogP contribution in [0.2, 0.25) is 5.02 Å². The Kier molecular flexibility index (Phi) is 3.43. The maximum Gasteiger partial charge on any atom is 0.153 e. The lowest BCUT2D eigenvalue weighted by Gasteiger charge is -2.07. The van der Waals surface area contributed by atoms with E-state index in [2.05, 4.69) is 10.2 Å². The molecule has 0 fully saturated rings. The number of nitrogen functional groups attached to an aromatic ring is 1.